The van der Waals surface area contributed by atoms with E-state index in [1.807, 2.05) is 27.7 Å². The van der Waals surface area contributed by atoms with Crippen LogP contribution in [0, 0.1) is 13.8 Å². The van der Waals surface area contributed by atoms with Crippen molar-refractivity contribution in [3.63, 3.8) is 0 Å². The van der Waals surface area contributed by atoms with E-state index in [-0.39, 0.29) is 0 Å². The summed E-state index contributed by atoms with van der Waals surface area (Å²) in [7, 11) is 0. The Bertz CT molecular complexity index is 236. The number of aryl methyl sites for hydroxylation is 1. The summed E-state index contributed by atoms with van der Waals surface area (Å²) in [6, 6.07) is 1.66. The van der Waals surface area contributed by atoms with Gasteiger partial charge in [-0.15, -0.1) is 0 Å². The van der Waals surface area contributed by atoms with Gasteiger partial charge in [-0.25, -0.2) is 4.98 Å². The zero-order valence-corrected chi connectivity index (χ0v) is 8.74. The van der Waals surface area contributed by atoms with Crippen LogP contribution in [0.15, 0.2) is 6.07 Å². The van der Waals surface area contributed by atoms with Crippen molar-refractivity contribution < 1.29 is 0 Å². The first-order valence-corrected chi connectivity index (χ1v) is 4.38. The minimum Gasteiger partial charge on any atom is -0.398 e. The fourth-order valence-corrected chi connectivity index (χ4v) is 0.966. The number of hydrogen-bond donors (Lipinski definition) is 1. The van der Waals surface area contributed by atoms with Gasteiger partial charge in [0.2, 0.25) is 0 Å². The first-order chi connectivity index (χ1) is 5.61. The smallest absolute Gasteiger partial charge is 0.131 e. The van der Waals surface area contributed by atoms with Crippen LogP contribution in [0.5, 0.6) is 0 Å². The van der Waals surface area contributed by atoms with E-state index >= 15 is 0 Å². The molecule has 2 N–H and O–H groups in total. The average Bonchev–Trinajstić information content (AvgIpc) is 2.04. The van der Waals surface area contributed by atoms with Crippen LogP contribution in [0.25, 0.3) is 0 Å². The standard InChI is InChI=1S/C7H9ClN2.C2H6/c1-4-5(2)10-7(8)3-6(4)9;1-2/h3H,1-2H3,(H2,9,10);1-2H3. The Labute approximate surface area is 78.8 Å². The fourth-order valence-electron chi connectivity index (χ4n) is 0.722. The van der Waals surface area contributed by atoms with Crippen LogP contribution in [0.3, 0.4) is 0 Å². The molecule has 0 saturated heterocycles. The van der Waals surface area contributed by atoms with Crippen molar-refractivity contribution in [2.75, 3.05) is 5.73 Å². The minimum absolute atomic E-state index is 0.459. The van der Waals surface area contributed by atoms with E-state index in [0.717, 1.165) is 11.3 Å². The van der Waals surface area contributed by atoms with Crippen LogP contribution in [-0.2, 0) is 0 Å². The topological polar surface area (TPSA) is 38.9 Å². The number of hydrogen-bond acceptors (Lipinski definition) is 2. The Kier molecular flexibility index (Phi) is 4.67. The van der Waals surface area contributed by atoms with E-state index in [0.29, 0.717) is 10.8 Å². The molecule has 0 aliphatic rings. The summed E-state index contributed by atoms with van der Waals surface area (Å²) in [5, 5.41) is 0.459. The van der Waals surface area contributed by atoms with Gasteiger partial charge >= 0.3 is 0 Å². The third kappa shape index (κ3) is 2.70. The van der Waals surface area contributed by atoms with E-state index in [1.165, 1.54) is 0 Å². The second kappa shape index (κ2) is 4.99. The second-order valence-corrected chi connectivity index (χ2v) is 2.63. The number of nitrogens with zero attached hydrogens (tertiary/aromatic N) is 1. The van der Waals surface area contributed by atoms with E-state index < -0.39 is 0 Å². The third-order valence-electron chi connectivity index (χ3n) is 1.52. The zero-order chi connectivity index (χ0) is 9.72. The van der Waals surface area contributed by atoms with Crippen molar-refractivity contribution in [2.45, 2.75) is 27.7 Å². The average molecular weight is 187 g/mol. The Hall–Kier alpha value is -0.760. The molecule has 0 spiro atoms. The predicted molar refractivity (Wildman–Crippen MR) is 54.5 cm³/mol. The highest BCUT2D eigenvalue weighted by atomic mass is 35.5. The Morgan fingerprint density at radius 1 is 1.33 bits per heavy atom. The van der Waals surface area contributed by atoms with E-state index in [4.69, 9.17) is 17.3 Å². The number of pyridine rings is 1. The van der Waals surface area contributed by atoms with Crippen molar-refractivity contribution in [3.05, 3.63) is 22.5 Å². The summed E-state index contributed by atoms with van der Waals surface area (Å²) in [4.78, 5) is 4.02. The molecule has 1 aromatic heterocycles. The van der Waals surface area contributed by atoms with Gasteiger partial charge < -0.3 is 5.73 Å². The van der Waals surface area contributed by atoms with Gasteiger partial charge in [-0.2, -0.15) is 0 Å². The van der Waals surface area contributed by atoms with Gasteiger partial charge in [0.25, 0.3) is 0 Å². The molecule has 0 bridgehead atoms. The van der Waals surface area contributed by atoms with Crippen molar-refractivity contribution >= 4 is 17.3 Å². The van der Waals surface area contributed by atoms with Crippen LogP contribution in [-0.4, -0.2) is 4.98 Å². The Morgan fingerprint density at radius 3 is 2.25 bits per heavy atom. The Balaban J connectivity index is 0.000000561. The van der Waals surface area contributed by atoms with Gasteiger partial charge in [0.05, 0.1) is 0 Å². The summed E-state index contributed by atoms with van der Waals surface area (Å²) in [6.45, 7) is 7.81. The van der Waals surface area contributed by atoms with Crippen molar-refractivity contribution in [2.24, 2.45) is 0 Å². The lowest BCUT2D eigenvalue weighted by Gasteiger charge is -2.02. The number of halogens is 1. The van der Waals surface area contributed by atoms with Gasteiger partial charge in [-0.1, -0.05) is 25.4 Å². The van der Waals surface area contributed by atoms with Crippen molar-refractivity contribution in [3.8, 4) is 0 Å². The molecule has 0 aliphatic heterocycles. The van der Waals surface area contributed by atoms with Gasteiger partial charge in [0, 0.05) is 11.4 Å². The summed E-state index contributed by atoms with van der Waals surface area (Å²) < 4.78 is 0. The molecule has 0 atom stereocenters. The molecule has 1 rings (SSSR count). The van der Waals surface area contributed by atoms with Crippen LogP contribution in [0.1, 0.15) is 25.1 Å². The van der Waals surface area contributed by atoms with Gasteiger partial charge in [-0.3, -0.25) is 0 Å². The molecule has 0 unspecified atom stereocenters. The van der Waals surface area contributed by atoms with Crippen LogP contribution < -0.4 is 5.73 Å². The number of nitrogens with two attached hydrogens (primary N) is 1. The molecule has 2 nitrogen and oxygen atoms in total. The maximum Gasteiger partial charge on any atom is 0.131 e. The fraction of sp³-hybridized carbons (Fsp3) is 0.444. The molecule has 1 heterocycles. The van der Waals surface area contributed by atoms with Gasteiger partial charge in [-0.05, 0) is 25.5 Å². The molecule has 68 valence electrons. The number of rotatable bonds is 0. The molecule has 0 radical (unpaired) electrons. The van der Waals surface area contributed by atoms with Crippen LogP contribution in [0.2, 0.25) is 5.15 Å². The molecule has 12 heavy (non-hydrogen) atoms. The highest BCUT2D eigenvalue weighted by molar-refractivity contribution is 6.29. The van der Waals surface area contributed by atoms with Crippen molar-refractivity contribution in [1.82, 2.24) is 4.98 Å². The summed E-state index contributed by atoms with van der Waals surface area (Å²) in [5.41, 5.74) is 8.20. The van der Waals surface area contributed by atoms with E-state index in [2.05, 4.69) is 4.98 Å². The second-order valence-electron chi connectivity index (χ2n) is 2.24. The lowest BCUT2D eigenvalue weighted by atomic mass is 10.2. The molecule has 3 heteroatoms. The highest BCUT2D eigenvalue weighted by Crippen LogP contribution is 2.17. The molecular weight excluding hydrogens is 172 g/mol. The van der Waals surface area contributed by atoms with Crippen LogP contribution in [0.4, 0.5) is 5.69 Å². The summed E-state index contributed by atoms with van der Waals surface area (Å²) in [5.74, 6) is 0. The quantitative estimate of drug-likeness (QED) is 0.633. The number of aromatic nitrogens is 1. The van der Waals surface area contributed by atoms with Crippen molar-refractivity contribution in [1.29, 1.82) is 0 Å². The summed E-state index contributed by atoms with van der Waals surface area (Å²) in [6.07, 6.45) is 0. The first kappa shape index (κ1) is 11.2. The van der Waals surface area contributed by atoms with Crippen LogP contribution >= 0.6 is 11.6 Å². The minimum atomic E-state index is 0.459. The molecule has 0 amide bonds. The molecule has 0 saturated carbocycles. The summed E-state index contributed by atoms with van der Waals surface area (Å²) >= 11 is 5.63. The molecule has 0 fully saturated rings. The van der Waals surface area contributed by atoms with E-state index in [1.54, 1.807) is 6.07 Å². The number of anilines is 1. The molecule has 1 aromatic rings. The largest absolute Gasteiger partial charge is 0.398 e. The monoisotopic (exact) mass is 186 g/mol. The molecular formula is C9H15ClN2. The zero-order valence-electron chi connectivity index (χ0n) is 7.98. The first-order valence-electron chi connectivity index (χ1n) is 4.00. The lowest BCUT2D eigenvalue weighted by Crippen LogP contribution is -1.94. The third-order valence-corrected chi connectivity index (χ3v) is 1.72. The number of nitrogen functional groups attached to an aromatic ring is 1. The predicted octanol–water partition coefficient (Wildman–Crippen LogP) is 2.96. The molecule has 0 aliphatic carbocycles. The SMILES string of the molecule is CC.Cc1nc(Cl)cc(N)c1C. The normalized spacial score (nSPS) is 8.75. The molecule has 0 aromatic carbocycles. The van der Waals surface area contributed by atoms with Gasteiger partial charge in [0.1, 0.15) is 5.15 Å². The van der Waals surface area contributed by atoms with Gasteiger partial charge in [0.15, 0.2) is 0 Å². The maximum atomic E-state index is 5.63. The lowest BCUT2D eigenvalue weighted by molar-refractivity contribution is 1.16. The van der Waals surface area contributed by atoms with E-state index in [9.17, 15) is 0 Å². The Morgan fingerprint density at radius 2 is 1.83 bits per heavy atom. The maximum absolute atomic E-state index is 5.63. The highest BCUT2D eigenvalue weighted by Gasteiger charge is 1.99.